The minimum Gasteiger partial charge on any atom is -0.350 e. The van der Waals surface area contributed by atoms with Gasteiger partial charge in [0.1, 0.15) is 0 Å². The summed E-state index contributed by atoms with van der Waals surface area (Å²) in [6.07, 6.45) is 2.21. The van der Waals surface area contributed by atoms with Crippen LogP contribution in [0.25, 0.3) is 10.9 Å². The molecule has 0 unspecified atom stereocenters. The Hall–Kier alpha value is -1.24. The number of benzene rings is 1. The van der Waals surface area contributed by atoms with E-state index in [1.54, 1.807) is 0 Å². The summed E-state index contributed by atoms with van der Waals surface area (Å²) in [7, 11) is 2.09. The topological polar surface area (TPSA) is 4.93 Å². The molecule has 0 spiro atoms. The Bertz CT molecular complexity index is 424. The lowest BCUT2D eigenvalue weighted by Gasteiger charge is -2.00. The lowest BCUT2D eigenvalue weighted by Crippen LogP contribution is -1.84. The summed E-state index contributed by atoms with van der Waals surface area (Å²) in [5.41, 5.74) is 2.71. The molecular weight excluding hydrogens is 158 g/mol. The van der Waals surface area contributed by atoms with Crippen molar-refractivity contribution in [3.63, 3.8) is 0 Å². The van der Waals surface area contributed by atoms with Gasteiger partial charge < -0.3 is 4.57 Å². The minimum atomic E-state index is 0.583. The molecule has 0 aliphatic rings. The third kappa shape index (κ3) is 1.24. The van der Waals surface area contributed by atoms with Crippen molar-refractivity contribution in [2.45, 2.75) is 19.8 Å². The highest BCUT2D eigenvalue weighted by Gasteiger charge is 2.07. The van der Waals surface area contributed by atoms with Gasteiger partial charge in [0.25, 0.3) is 0 Å². The Balaban J connectivity index is 2.78. The van der Waals surface area contributed by atoms with Crippen LogP contribution in [-0.2, 0) is 7.05 Å². The summed E-state index contributed by atoms with van der Waals surface area (Å²) in [6.45, 7) is 4.45. The van der Waals surface area contributed by atoms with Crippen molar-refractivity contribution < 1.29 is 0 Å². The Morgan fingerprint density at radius 2 is 2.15 bits per heavy atom. The van der Waals surface area contributed by atoms with Crippen LogP contribution < -0.4 is 0 Å². The lowest BCUT2D eigenvalue weighted by atomic mass is 10.0. The summed E-state index contributed by atoms with van der Waals surface area (Å²) in [5.74, 6) is 0.583. The monoisotopic (exact) mass is 172 g/mol. The van der Waals surface area contributed by atoms with Gasteiger partial charge in [0.05, 0.1) is 0 Å². The minimum absolute atomic E-state index is 0.583. The van der Waals surface area contributed by atoms with Crippen LogP contribution >= 0.6 is 0 Å². The van der Waals surface area contributed by atoms with Crippen LogP contribution in [-0.4, -0.2) is 4.57 Å². The maximum absolute atomic E-state index is 3.13. The lowest BCUT2D eigenvalue weighted by molar-refractivity contribution is 0.857. The second-order valence-electron chi connectivity index (χ2n) is 3.79. The van der Waals surface area contributed by atoms with E-state index >= 15 is 0 Å². The van der Waals surface area contributed by atoms with Crippen molar-refractivity contribution >= 4 is 10.9 Å². The van der Waals surface area contributed by atoms with E-state index in [4.69, 9.17) is 0 Å². The number of aromatic nitrogens is 1. The van der Waals surface area contributed by atoms with E-state index in [0.717, 1.165) is 0 Å². The zero-order valence-corrected chi connectivity index (χ0v) is 8.33. The van der Waals surface area contributed by atoms with E-state index in [-0.39, 0.29) is 0 Å². The predicted octanol–water partition coefficient (Wildman–Crippen LogP) is 3.10. The first-order valence-corrected chi connectivity index (χ1v) is 4.65. The van der Waals surface area contributed by atoms with Gasteiger partial charge in [-0.2, -0.15) is 0 Å². The van der Waals surface area contributed by atoms with Crippen LogP contribution in [0.1, 0.15) is 25.3 Å². The van der Waals surface area contributed by atoms with Crippen LogP contribution in [0.15, 0.2) is 24.4 Å². The second-order valence-corrected chi connectivity index (χ2v) is 3.79. The largest absolute Gasteiger partial charge is 0.350 e. The Labute approximate surface area is 79.0 Å². The molecule has 0 atom stereocenters. The fourth-order valence-electron chi connectivity index (χ4n) is 1.77. The van der Waals surface area contributed by atoms with Crippen LogP contribution in [0.4, 0.5) is 0 Å². The maximum atomic E-state index is 3.13. The van der Waals surface area contributed by atoms with Crippen molar-refractivity contribution in [2.24, 2.45) is 7.05 Å². The van der Waals surface area contributed by atoms with Gasteiger partial charge in [-0.3, -0.25) is 0 Å². The molecule has 0 bridgehead atoms. The molecule has 67 valence electrons. The molecule has 1 nitrogen and oxygen atoms in total. The van der Waals surface area contributed by atoms with Crippen LogP contribution in [0.2, 0.25) is 0 Å². The number of nitrogens with zero attached hydrogens (tertiary/aromatic N) is 1. The highest BCUT2D eigenvalue weighted by molar-refractivity contribution is 5.84. The molecule has 2 rings (SSSR count). The second kappa shape index (κ2) is 2.91. The number of hydrogen-bond acceptors (Lipinski definition) is 0. The predicted molar refractivity (Wildman–Crippen MR) is 55.8 cm³/mol. The Morgan fingerprint density at radius 3 is 2.85 bits per heavy atom. The zero-order chi connectivity index (χ0) is 9.42. The fraction of sp³-hybridized carbons (Fsp3) is 0.333. The van der Waals surface area contributed by atoms with E-state index in [1.165, 1.54) is 16.5 Å². The van der Waals surface area contributed by atoms with E-state index in [9.17, 15) is 0 Å². The average Bonchev–Trinajstić information content (AvgIpc) is 2.45. The number of fused-ring (bicyclic) bond motifs is 1. The number of aryl methyl sites for hydroxylation is 1. The average molecular weight is 172 g/mol. The summed E-state index contributed by atoms with van der Waals surface area (Å²) in [5, 5.41) is 1.33. The van der Waals surface area contributed by atoms with E-state index in [2.05, 4.69) is 49.9 Å². The number of hydrogen-bond donors (Lipinski definition) is 0. The molecule has 1 aromatic carbocycles. The van der Waals surface area contributed by atoms with Crippen LogP contribution in [0.3, 0.4) is 0 Å². The van der Waals surface area contributed by atoms with Gasteiger partial charge in [0.15, 0.2) is 0 Å². The standard InChI is InChI=1S/C12H14N/c1-9(2)11-8-13(3)12-7-5-4-6-10(11)12/h5-9H,1-3H3. The number of rotatable bonds is 1. The molecular formula is C12H14N. The van der Waals surface area contributed by atoms with Crippen molar-refractivity contribution in [3.8, 4) is 0 Å². The van der Waals surface area contributed by atoms with Gasteiger partial charge in [-0.25, -0.2) is 0 Å². The van der Waals surface area contributed by atoms with Crippen LogP contribution in [0.5, 0.6) is 0 Å². The highest BCUT2D eigenvalue weighted by atomic mass is 14.9. The summed E-state index contributed by atoms with van der Waals surface area (Å²) in [6, 6.07) is 9.28. The maximum Gasteiger partial charge on any atom is 0.0481 e. The first-order valence-electron chi connectivity index (χ1n) is 4.65. The van der Waals surface area contributed by atoms with Crippen molar-refractivity contribution in [2.75, 3.05) is 0 Å². The summed E-state index contributed by atoms with van der Waals surface area (Å²) in [4.78, 5) is 0. The molecule has 1 aromatic heterocycles. The molecule has 0 N–H and O–H groups in total. The van der Waals surface area contributed by atoms with Crippen LogP contribution in [0, 0.1) is 6.07 Å². The molecule has 0 fully saturated rings. The highest BCUT2D eigenvalue weighted by Crippen LogP contribution is 2.26. The molecule has 1 heteroatoms. The van der Waals surface area contributed by atoms with Gasteiger partial charge >= 0.3 is 0 Å². The molecule has 0 saturated heterocycles. The van der Waals surface area contributed by atoms with Gasteiger partial charge in [0, 0.05) is 24.1 Å². The van der Waals surface area contributed by atoms with Crippen molar-refractivity contribution in [1.82, 2.24) is 4.57 Å². The fourth-order valence-corrected chi connectivity index (χ4v) is 1.77. The van der Waals surface area contributed by atoms with E-state index < -0.39 is 0 Å². The van der Waals surface area contributed by atoms with Gasteiger partial charge in [-0.1, -0.05) is 19.9 Å². The van der Waals surface area contributed by atoms with E-state index in [0.29, 0.717) is 5.92 Å². The first-order chi connectivity index (χ1) is 6.20. The molecule has 2 aromatic rings. The zero-order valence-electron chi connectivity index (χ0n) is 8.33. The third-order valence-corrected chi connectivity index (χ3v) is 2.49. The quantitative estimate of drug-likeness (QED) is 0.623. The Morgan fingerprint density at radius 1 is 1.38 bits per heavy atom. The molecule has 13 heavy (non-hydrogen) atoms. The first kappa shape index (κ1) is 8.36. The summed E-state index contributed by atoms with van der Waals surface area (Å²) >= 11 is 0. The molecule has 1 heterocycles. The van der Waals surface area contributed by atoms with Gasteiger partial charge in [0.2, 0.25) is 0 Å². The SMILES string of the molecule is CC(C)c1cn(C)c2cc[c]cc12. The van der Waals surface area contributed by atoms with Gasteiger partial charge in [-0.05, 0) is 29.7 Å². The van der Waals surface area contributed by atoms with E-state index in [1.807, 2.05) is 6.07 Å². The van der Waals surface area contributed by atoms with Gasteiger partial charge in [-0.15, -0.1) is 0 Å². The Kier molecular flexibility index (Phi) is 1.87. The van der Waals surface area contributed by atoms with Crippen molar-refractivity contribution in [1.29, 1.82) is 0 Å². The van der Waals surface area contributed by atoms with Crippen molar-refractivity contribution in [3.05, 3.63) is 36.0 Å². The smallest absolute Gasteiger partial charge is 0.0481 e. The normalized spacial score (nSPS) is 11.4. The molecule has 0 amide bonds. The molecule has 1 radical (unpaired) electrons. The molecule has 0 aliphatic carbocycles. The third-order valence-electron chi connectivity index (χ3n) is 2.49. The molecule has 0 aliphatic heterocycles. The molecule has 0 saturated carbocycles. The summed E-state index contributed by atoms with van der Waals surface area (Å²) < 4.78 is 2.18.